The van der Waals surface area contributed by atoms with E-state index in [4.69, 9.17) is 4.74 Å². The third-order valence-corrected chi connectivity index (χ3v) is 3.68. The lowest BCUT2D eigenvalue weighted by molar-refractivity contribution is 0.0702. The topological polar surface area (TPSA) is 61.8 Å². The zero-order valence-electron chi connectivity index (χ0n) is 12.5. The molecule has 1 atom stereocenters. The van der Waals surface area contributed by atoms with Crippen LogP contribution < -0.4 is 10.1 Å². The number of carbonyl (C=O) groups is 1. The van der Waals surface area contributed by atoms with Crippen LogP contribution in [0.15, 0.2) is 24.3 Å². The van der Waals surface area contributed by atoms with Crippen LogP contribution in [0.5, 0.6) is 5.75 Å². The SMILES string of the molecule is CCOc1ccccc1C(=O)N(CCO)CC1CCCN1. The molecule has 5 heteroatoms. The van der Waals surface area contributed by atoms with Crippen molar-refractivity contribution in [2.75, 3.05) is 32.8 Å². The van der Waals surface area contributed by atoms with Crippen molar-refractivity contribution < 1.29 is 14.6 Å². The van der Waals surface area contributed by atoms with Crippen LogP contribution >= 0.6 is 0 Å². The Morgan fingerprint density at radius 3 is 2.95 bits per heavy atom. The minimum atomic E-state index is -0.0817. The molecule has 1 aliphatic rings. The minimum absolute atomic E-state index is 0.0325. The molecule has 0 bridgehead atoms. The van der Waals surface area contributed by atoms with E-state index < -0.39 is 0 Å². The van der Waals surface area contributed by atoms with Gasteiger partial charge in [-0.3, -0.25) is 4.79 Å². The molecular weight excluding hydrogens is 268 g/mol. The van der Waals surface area contributed by atoms with E-state index in [-0.39, 0.29) is 12.5 Å². The van der Waals surface area contributed by atoms with Crippen LogP contribution in [-0.4, -0.2) is 54.8 Å². The third-order valence-electron chi connectivity index (χ3n) is 3.68. The van der Waals surface area contributed by atoms with Crippen molar-refractivity contribution in [1.82, 2.24) is 10.2 Å². The Balaban J connectivity index is 2.13. The molecule has 0 aliphatic carbocycles. The first-order valence-corrected chi connectivity index (χ1v) is 7.61. The zero-order valence-corrected chi connectivity index (χ0v) is 12.5. The van der Waals surface area contributed by atoms with Gasteiger partial charge in [0.25, 0.3) is 5.91 Å². The second-order valence-corrected chi connectivity index (χ2v) is 5.20. The Hall–Kier alpha value is -1.59. The highest BCUT2D eigenvalue weighted by atomic mass is 16.5. The molecular formula is C16H24N2O3. The molecule has 2 rings (SSSR count). The normalized spacial score (nSPS) is 17.7. The number of aliphatic hydroxyl groups excluding tert-OH is 1. The van der Waals surface area contributed by atoms with Gasteiger partial charge in [-0.2, -0.15) is 0 Å². The highest BCUT2D eigenvalue weighted by molar-refractivity contribution is 5.97. The summed E-state index contributed by atoms with van der Waals surface area (Å²) in [6, 6.07) is 7.60. The number of hydrogen-bond acceptors (Lipinski definition) is 4. The molecule has 1 saturated heterocycles. The Bertz CT molecular complexity index is 459. The maximum Gasteiger partial charge on any atom is 0.257 e. The fraction of sp³-hybridized carbons (Fsp3) is 0.562. The second-order valence-electron chi connectivity index (χ2n) is 5.20. The number of benzene rings is 1. The largest absolute Gasteiger partial charge is 0.493 e. The summed E-state index contributed by atoms with van der Waals surface area (Å²) in [6.07, 6.45) is 2.21. The summed E-state index contributed by atoms with van der Waals surface area (Å²) >= 11 is 0. The van der Waals surface area contributed by atoms with Gasteiger partial charge in [-0.25, -0.2) is 0 Å². The molecule has 1 fully saturated rings. The van der Waals surface area contributed by atoms with Crippen molar-refractivity contribution in [1.29, 1.82) is 0 Å². The Morgan fingerprint density at radius 1 is 1.48 bits per heavy atom. The van der Waals surface area contributed by atoms with Crippen molar-refractivity contribution >= 4 is 5.91 Å². The molecule has 2 N–H and O–H groups in total. The molecule has 1 aromatic rings. The first kappa shape index (κ1) is 15.8. The van der Waals surface area contributed by atoms with Gasteiger partial charge in [-0.15, -0.1) is 0 Å². The lowest BCUT2D eigenvalue weighted by Crippen LogP contribution is -2.42. The number of hydrogen-bond donors (Lipinski definition) is 2. The molecule has 1 aliphatic heterocycles. The summed E-state index contributed by atoms with van der Waals surface area (Å²) in [5, 5.41) is 12.6. The summed E-state index contributed by atoms with van der Waals surface area (Å²) in [5.74, 6) is 0.522. The van der Waals surface area contributed by atoms with Crippen molar-refractivity contribution in [2.24, 2.45) is 0 Å². The van der Waals surface area contributed by atoms with E-state index in [1.807, 2.05) is 25.1 Å². The van der Waals surface area contributed by atoms with Gasteiger partial charge < -0.3 is 20.1 Å². The van der Waals surface area contributed by atoms with Crippen molar-refractivity contribution in [3.8, 4) is 5.75 Å². The fourth-order valence-electron chi connectivity index (χ4n) is 2.67. The molecule has 0 radical (unpaired) electrons. The van der Waals surface area contributed by atoms with Gasteiger partial charge in [0.05, 0.1) is 18.8 Å². The van der Waals surface area contributed by atoms with E-state index in [9.17, 15) is 9.90 Å². The minimum Gasteiger partial charge on any atom is -0.493 e. The van der Waals surface area contributed by atoms with Crippen LogP contribution in [-0.2, 0) is 0 Å². The molecule has 1 heterocycles. The standard InChI is InChI=1S/C16H24N2O3/c1-2-21-15-8-4-3-7-14(15)16(20)18(10-11-19)12-13-6-5-9-17-13/h3-4,7-8,13,17,19H,2,5-6,9-12H2,1H3. The number of nitrogens with zero attached hydrogens (tertiary/aromatic N) is 1. The molecule has 1 unspecified atom stereocenters. The van der Waals surface area contributed by atoms with Crippen molar-refractivity contribution in [2.45, 2.75) is 25.8 Å². The van der Waals surface area contributed by atoms with Gasteiger partial charge in [0.2, 0.25) is 0 Å². The smallest absolute Gasteiger partial charge is 0.257 e. The van der Waals surface area contributed by atoms with E-state index in [2.05, 4.69) is 5.32 Å². The maximum atomic E-state index is 12.7. The molecule has 1 amide bonds. The molecule has 21 heavy (non-hydrogen) atoms. The number of aliphatic hydroxyl groups is 1. The van der Waals surface area contributed by atoms with E-state index >= 15 is 0 Å². The maximum absolute atomic E-state index is 12.7. The Kier molecular flexibility index (Phi) is 6.02. The predicted octanol–water partition coefficient (Wildman–Crippen LogP) is 1.27. The van der Waals surface area contributed by atoms with Gasteiger partial charge in [0.1, 0.15) is 5.75 Å². The van der Waals surface area contributed by atoms with Crippen LogP contribution in [0.25, 0.3) is 0 Å². The molecule has 5 nitrogen and oxygen atoms in total. The quantitative estimate of drug-likeness (QED) is 0.794. The monoisotopic (exact) mass is 292 g/mol. The number of ether oxygens (including phenoxy) is 1. The number of amides is 1. The lowest BCUT2D eigenvalue weighted by Gasteiger charge is -2.26. The summed E-state index contributed by atoms with van der Waals surface area (Å²) in [4.78, 5) is 14.4. The number of nitrogens with one attached hydrogen (secondary N) is 1. The van der Waals surface area contributed by atoms with E-state index in [0.29, 0.717) is 37.1 Å². The van der Waals surface area contributed by atoms with Gasteiger partial charge in [0, 0.05) is 19.1 Å². The summed E-state index contributed by atoms with van der Waals surface area (Å²) in [5.41, 5.74) is 0.561. The van der Waals surface area contributed by atoms with Gasteiger partial charge in [-0.1, -0.05) is 12.1 Å². The zero-order chi connectivity index (χ0) is 15.1. The molecule has 1 aromatic carbocycles. The predicted molar refractivity (Wildman–Crippen MR) is 81.6 cm³/mol. The summed E-state index contributed by atoms with van der Waals surface area (Å²) in [6.45, 7) is 4.36. The average molecular weight is 292 g/mol. The van der Waals surface area contributed by atoms with Gasteiger partial charge in [-0.05, 0) is 38.4 Å². The van der Waals surface area contributed by atoms with Crippen LogP contribution in [0.2, 0.25) is 0 Å². The first-order valence-electron chi connectivity index (χ1n) is 7.61. The highest BCUT2D eigenvalue weighted by Crippen LogP contribution is 2.20. The Labute approximate surface area is 125 Å². The average Bonchev–Trinajstić information content (AvgIpc) is 3.00. The lowest BCUT2D eigenvalue weighted by atomic mass is 10.1. The van der Waals surface area contributed by atoms with Crippen molar-refractivity contribution in [3.05, 3.63) is 29.8 Å². The van der Waals surface area contributed by atoms with Crippen molar-refractivity contribution in [3.63, 3.8) is 0 Å². The van der Waals surface area contributed by atoms with Gasteiger partial charge >= 0.3 is 0 Å². The van der Waals surface area contributed by atoms with Crippen LogP contribution in [0.3, 0.4) is 0 Å². The van der Waals surface area contributed by atoms with Crippen LogP contribution in [0, 0.1) is 0 Å². The van der Waals surface area contributed by atoms with Crippen LogP contribution in [0.4, 0.5) is 0 Å². The van der Waals surface area contributed by atoms with E-state index in [1.54, 1.807) is 11.0 Å². The number of para-hydroxylation sites is 1. The molecule has 0 aromatic heterocycles. The second kappa shape index (κ2) is 8.00. The summed E-state index contributed by atoms with van der Waals surface area (Å²) in [7, 11) is 0. The fourth-order valence-corrected chi connectivity index (χ4v) is 2.67. The number of carbonyl (C=O) groups excluding carboxylic acids is 1. The Morgan fingerprint density at radius 2 is 2.29 bits per heavy atom. The third kappa shape index (κ3) is 4.19. The summed E-state index contributed by atoms with van der Waals surface area (Å²) < 4.78 is 5.53. The molecule has 116 valence electrons. The van der Waals surface area contributed by atoms with E-state index in [1.165, 1.54) is 0 Å². The molecule has 0 spiro atoms. The highest BCUT2D eigenvalue weighted by Gasteiger charge is 2.23. The van der Waals surface area contributed by atoms with Gasteiger partial charge in [0.15, 0.2) is 0 Å². The van der Waals surface area contributed by atoms with Crippen LogP contribution in [0.1, 0.15) is 30.1 Å². The molecule has 0 saturated carbocycles. The number of rotatable bonds is 7. The van der Waals surface area contributed by atoms with E-state index in [0.717, 1.165) is 19.4 Å². The first-order chi connectivity index (χ1) is 10.3.